The summed E-state index contributed by atoms with van der Waals surface area (Å²) in [6, 6.07) is 12.9. The van der Waals surface area contributed by atoms with Crippen molar-refractivity contribution in [2.24, 2.45) is 0 Å². The van der Waals surface area contributed by atoms with Gasteiger partial charge in [-0.25, -0.2) is 0 Å². The number of phenolic OH excluding ortho intramolecular Hbond substituents is 1. The van der Waals surface area contributed by atoms with Gasteiger partial charge in [-0.05, 0) is 30.3 Å². The van der Waals surface area contributed by atoms with Crippen molar-refractivity contribution >= 4 is 23.2 Å². The molecule has 75 valence electrons. The van der Waals surface area contributed by atoms with Gasteiger partial charge in [0.1, 0.15) is 5.75 Å². The molecule has 1 N–H and O–H groups in total. The molecule has 1 radical (unpaired) electrons. The van der Waals surface area contributed by atoms with Crippen LogP contribution in [-0.4, -0.2) is 5.11 Å². The van der Waals surface area contributed by atoms with E-state index in [4.69, 9.17) is 23.2 Å². The van der Waals surface area contributed by atoms with E-state index in [2.05, 4.69) is 6.07 Å². The van der Waals surface area contributed by atoms with Crippen LogP contribution in [0.5, 0.6) is 5.75 Å². The minimum Gasteiger partial charge on any atom is -0.507 e. The monoisotopic (exact) mass is 237 g/mol. The molecule has 2 rings (SSSR count). The molecule has 0 aromatic heterocycles. The van der Waals surface area contributed by atoms with Crippen LogP contribution in [0.2, 0.25) is 10.0 Å². The molecule has 0 aliphatic rings. The van der Waals surface area contributed by atoms with Crippen LogP contribution in [0.4, 0.5) is 0 Å². The lowest BCUT2D eigenvalue weighted by Gasteiger charge is -2.06. The standard InChI is InChI=1S/C12H7Cl2O/c13-8-5-6-9(11(14)7-8)10-3-1-2-4-12(10)15/h1,3-7,15H. The summed E-state index contributed by atoms with van der Waals surface area (Å²) in [5, 5.41) is 10.7. The fourth-order valence-electron chi connectivity index (χ4n) is 1.36. The molecule has 2 aromatic rings. The summed E-state index contributed by atoms with van der Waals surface area (Å²) in [6.45, 7) is 0. The van der Waals surface area contributed by atoms with Crippen molar-refractivity contribution in [3.8, 4) is 16.9 Å². The Bertz CT molecular complexity index is 495. The lowest BCUT2D eigenvalue weighted by atomic mass is 10.0. The second-order valence-corrected chi connectivity index (χ2v) is 3.91. The molecule has 0 spiro atoms. The molecule has 2 aromatic carbocycles. The number of aromatic hydroxyl groups is 1. The maximum atomic E-state index is 9.63. The second kappa shape index (κ2) is 4.13. The Hall–Kier alpha value is -1.18. The molecule has 15 heavy (non-hydrogen) atoms. The number of rotatable bonds is 1. The van der Waals surface area contributed by atoms with E-state index in [9.17, 15) is 5.11 Å². The third-order valence-electron chi connectivity index (χ3n) is 2.06. The highest BCUT2D eigenvalue weighted by atomic mass is 35.5. The average molecular weight is 238 g/mol. The lowest BCUT2D eigenvalue weighted by Crippen LogP contribution is -1.80. The number of benzene rings is 2. The SMILES string of the molecule is Oc1c[c]ccc1-c1ccc(Cl)cc1Cl. The van der Waals surface area contributed by atoms with E-state index in [0.29, 0.717) is 15.6 Å². The van der Waals surface area contributed by atoms with Gasteiger partial charge in [0.05, 0.1) is 5.02 Å². The van der Waals surface area contributed by atoms with Crippen molar-refractivity contribution in [3.05, 3.63) is 52.5 Å². The molecule has 0 amide bonds. The highest BCUT2D eigenvalue weighted by Gasteiger charge is 2.07. The third-order valence-corrected chi connectivity index (χ3v) is 2.61. The number of hydrogen-bond acceptors (Lipinski definition) is 1. The Morgan fingerprint density at radius 2 is 1.87 bits per heavy atom. The highest BCUT2D eigenvalue weighted by Crippen LogP contribution is 2.34. The van der Waals surface area contributed by atoms with Gasteiger partial charge in [-0.1, -0.05) is 35.3 Å². The van der Waals surface area contributed by atoms with E-state index >= 15 is 0 Å². The largest absolute Gasteiger partial charge is 0.507 e. The molecule has 0 saturated carbocycles. The normalized spacial score (nSPS) is 10.3. The number of hydrogen-bond donors (Lipinski definition) is 1. The highest BCUT2D eigenvalue weighted by molar-refractivity contribution is 6.36. The predicted octanol–water partition coefficient (Wildman–Crippen LogP) is 4.17. The zero-order valence-electron chi connectivity index (χ0n) is 7.67. The minimum atomic E-state index is 0.154. The van der Waals surface area contributed by atoms with Crippen LogP contribution in [0.15, 0.2) is 36.4 Å². The summed E-state index contributed by atoms with van der Waals surface area (Å²) < 4.78 is 0. The van der Waals surface area contributed by atoms with Gasteiger partial charge in [-0.3, -0.25) is 0 Å². The zero-order chi connectivity index (χ0) is 10.8. The van der Waals surface area contributed by atoms with Crippen LogP contribution >= 0.6 is 23.2 Å². The van der Waals surface area contributed by atoms with E-state index in [0.717, 1.165) is 5.56 Å². The summed E-state index contributed by atoms with van der Waals surface area (Å²) in [5.41, 5.74) is 1.43. The van der Waals surface area contributed by atoms with E-state index in [-0.39, 0.29) is 5.75 Å². The first-order valence-corrected chi connectivity index (χ1v) is 5.08. The van der Waals surface area contributed by atoms with Crippen molar-refractivity contribution in [1.29, 1.82) is 0 Å². The summed E-state index contributed by atoms with van der Waals surface area (Å²) in [6.07, 6.45) is 0. The molecular formula is C12H7Cl2O. The van der Waals surface area contributed by atoms with Crippen LogP contribution in [0, 0.1) is 6.07 Å². The van der Waals surface area contributed by atoms with E-state index in [1.54, 1.807) is 30.3 Å². The molecule has 1 nitrogen and oxygen atoms in total. The fourth-order valence-corrected chi connectivity index (χ4v) is 1.87. The van der Waals surface area contributed by atoms with Gasteiger partial charge in [0.2, 0.25) is 0 Å². The third kappa shape index (κ3) is 2.09. The smallest absolute Gasteiger partial charge is 0.124 e. The van der Waals surface area contributed by atoms with Gasteiger partial charge in [-0.2, -0.15) is 0 Å². The molecule has 0 fully saturated rings. The Labute approximate surface area is 97.9 Å². The topological polar surface area (TPSA) is 20.2 Å². The minimum absolute atomic E-state index is 0.154. The van der Waals surface area contributed by atoms with E-state index in [1.807, 2.05) is 0 Å². The van der Waals surface area contributed by atoms with Crippen LogP contribution in [0.3, 0.4) is 0 Å². The molecule has 0 aliphatic carbocycles. The maximum Gasteiger partial charge on any atom is 0.124 e. The summed E-state index contributed by atoms with van der Waals surface area (Å²) in [4.78, 5) is 0. The van der Waals surface area contributed by atoms with Crippen molar-refractivity contribution in [1.82, 2.24) is 0 Å². The van der Waals surface area contributed by atoms with Crippen LogP contribution < -0.4 is 0 Å². The van der Waals surface area contributed by atoms with Crippen LogP contribution in [-0.2, 0) is 0 Å². The molecule has 0 bridgehead atoms. The Kier molecular flexibility index (Phi) is 2.85. The van der Waals surface area contributed by atoms with Gasteiger partial charge in [0, 0.05) is 16.1 Å². The Balaban J connectivity index is 2.60. The first-order chi connectivity index (χ1) is 7.18. The Morgan fingerprint density at radius 1 is 1.07 bits per heavy atom. The lowest BCUT2D eigenvalue weighted by molar-refractivity contribution is 0.477. The molecule has 0 atom stereocenters. The van der Waals surface area contributed by atoms with Crippen molar-refractivity contribution < 1.29 is 5.11 Å². The summed E-state index contributed by atoms with van der Waals surface area (Å²) in [7, 11) is 0. The van der Waals surface area contributed by atoms with Gasteiger partial charge < -0.3 is 5.11 Å². The van der Waals surface area contributed by atoms with Gasteiger partial charge in [0.25, 0.3) is 0 Å². The second-order valence-electron chi connectivity index (χ2n) is 3.07. The number of halogens is 2. The molecule has 3 heteroatoms. The van der Waals surface area contributed by atoms with Crippen molar-refractivity contribution in [2.75, 3.05) is 0 Å². The van der Waals surface area contributed by atoms with Gasteiger partial charge in [-0.15, -0.1) is 0 Å². The van der Waals surface area contributed by atoms with Gasteiger partial charge in [0.15, 0.2) is 0 Å². The first kappa shape index (κ1) is 10.3. The van der Waals surface area contributed by atoms with Crippen LogP contribution in [0.25, 0.3) is 11.1 Å². The van der Waals surface area contributed by atoms with Gasteiger partial charge >= 0.3 is 0 Å². The predicted molar refractivity (Wildman–Crippen MR) is 62.4 cm³/mol. The zero-order valence-corrected chi connectivity index (χ0v) is 9.18. The maximum absolute atomic E-state index is 9.63. The molecule has 0 saturated heterocycles. The Morgan fingerprint density at radius 3 is 2.53 bits per heavy atom. The first-order valence-electron chi connectivity index (χ1n) is 4.33. The van der Waals surface area contributed by atoms with Crippen molar-refractivity contribution in [2.45, 2.75) is 0 Å². The molecular weight excluding hydrogens is 231 g/mol. The van der Waals surface area contributed by atoms with Crippen molar-refractivity contribution in [3.63, 3.8) is 0 Å². The van der Waals surface area contributed by atoms with Crippen LogP contribution in [0.1, 0.15) is 0 Å². The summed E-state index contributed by atoms with van der Waals surface area (Å²) in [5.74, 6) is 0.154. The molecule has 0 unspecified atom stereocenters. The molecule has 0 heterocycles. The summed E-state index contributed by atoms with van der Waals surface area (Å²) >= 11 is 11.8. The molecule has 0 aliphatic heterocycles. The average Bonchev–Trinajstić information content (AvgIpc) is 2.20. The quantitative estimate of drug-likeness (QED) is 0.790. The number of phenols is 1. The van der Waals surface area contributed by atoms with E-state index < -0.39 is 0 Å². The van der Waals surface area contributed by atoms with E-state index in [1.165, 1.54) is 6.07 Å². The fraction of sp³-hybridized carbons (Fsp3) is 0.